The number of aliphatic carboxylic acids is 1. The van der Waals surface area contributed by atoms with E-state index in [0.717, 1.165) is 40.6 Å². The van der Waals surface area contributed by atoms with Gasteiger partial charge in [-0.1, -0.05) is 31.2 Å². The number of benzene rings is 3. The van der Waals surface area contributed by atoms with Crippen molar-refractivity contribution in [1.29, 1.82) is 0 Å². The molecule has 8 heteroatoms. The van der Waals surface area contributed by atoms with Crippen molar-refractivity contribution in [3.8, 4) is 11.4 Å². The van der Waals surface area contributed by atoms with Crippen LogP contribution in [-0.4, -0.2) is 20.9 Å². The SMILES string of the molecule is CCc1cc(OC(C)c2cccc3cn(-c4ccc(C(F)(F)F)cc4)nc23)ccc1CCC(=O)O. The molecule has 0 aliphatic heterocycles. The largest absolute Gasteiger partial charge is 0.486 e. The number of ether oxygens (including phenoxy) is 1. The van der Waals surface area contributed by atoms with Crippen molar-refractivity contribution in [2.45, 2.75) is 45.4 Å². The molecule has 0 aliphatic rings. The minimum Gasteiger partial charge on any atom is -0.486 e. The number of nitrogens with zero attached hydrogens (tertiary/aromatic N) is 2. The van der Waals surface area contributed by atoms with Crippen LogP contribution in [0.25, 0.3) is 16.6 Å². The Labute approximate surface area is 200 Å². The van der Waals surface area contributed by atoms with Gasteiger partial charge in [0.2, 0.25) is 0 Å². The summed E-state index contributed by atoms with van der Waals surface area (Å²) in [7, 11) is 0. The first-order chi connectivity index (χ1) is 16.7. The average Bonchev–Trinajstić information content (AvgIpc) is 3.27. The Kier molecular flexibility index (Phi) is 6.82. The maximum Gasteiger partial charge on any atom is 0.416 e. The van der Waals surface area contributed by atoms with E-state index in [4.69, 9.17) is 9.84 Å². The number of carboxylic acid groups (broad SMARTS) is 1. The number of halogens is 3. The number of alkyl halides is 3. The van der Waals surface area contributed by atoms with Crippen LogP contribution in [0, 0.1) is 0 Å². The molecule has 1 unspecified atom stereocenters. The second kappa shape index (κ2) is 9.82. The molecule has 1 heterocycles. The van der Waals surface area contributed by atoms with Crippen LogP contribution in [0.3, 0.4) is 0 Å². The number of hydrogen-bond acceptors (Lipinski definition) is 3. The van der Waals surface area contributed by atoms with Gasteiger partial charge in [0.1, 0.15) is 11.9 Å². The summed E-state index contributed by atoms with van der Waals surface area (Å²) in [5.74, 6) is -0.155. The van der Waals surface area contributed by atoms with Crippen molar-refractivity contribution in [2.24, 2.45) is 0 Å². The molecular formula is C27H25F3N2O3. The fraction of sp³-hybridized carbons (Fsp3) is 0.259. The molecule has 1 atom stereocenters. The predicted molar refractivity (Wildman–Crippen MR) is 127 cm³/mol. The first-order valence-corrected chi connectivity index (χ1v) is 11.3. The van der Waals surface area contributed by atoms with E-state index in [9.17, 15) is 18.0 Å². The van der Waals surface area contributed by atoms with Crippen LogP contribution in [0.4, 0.5) is 13.2 Å². The minimum atomic E-state index is -4.39. The Bertz CT molecular complexity index is 1340. The summed E-state index contributed by atoms with van der Waals surface area (Å²) < 4.78 is 46.4. The molecule has 4 rings (SSSR count). The third-order valence-electron chi connectivity index (χ3n) is 5.94. The lowest BCUT2D eigenvalue weighted by Gasteiger charge is -2.17. The summed E-state index contributed by atoms with van der Waals surface area (Å²) in [6.45, 7) is 3.93. The third kappa shape index (κ3) is 5.48. The van der Waals surface area contributed by atoms with Gasteiger partial charge in [0.05, 0.1) is 16.8 Å². The van der Waals surface area contributed by atoms with E-state index in [-0.39, 0.29) is 12.5 Å². The lowest BCUT2D eigenvalue weighted by atomic mass is 10.0. The van der Waals surface area contributed by atoms with Crippen LogP contribution in [0.5, 0.6) is 5.75 Å². The molecule has 5 nitrogen and oxygen atoms in total. The van der Waals surface area contributed by atoms with E-state index in [2.05, 4.69) is 5.10 Å². The number of hydrogen-bond donors (Lipinski definition) is 1. The molecule has 0 aliphatic carbocycles. The van der Waals surface area contributed by atoms with Gasteiger partial charge in [-0.2, -0.15) is 18.3 Å². The minimum absolute atomic E-state index is 0.0766. The van der Waals surface area contributed by atoms with Gasteiger partial charge in [-0.25, -0.2) is 4.68 Å². The van der Waals surface area contributed by atoms with Gasteiger partial charge in [-0.3, -0.25) is 4.79 Å². The smallest absolute Gasteiger partial charge is 0.416 e. The molecule has 1 N–H and O–H groups in total. The Morgan fingerprint density at radius 3 is 2.49 bits per heavy atom. The van der Waals surface area contributed by atoms with Crippen LogP contribution >= 0.6 is 0 Å². The van der Waals surface area contributed by atoms with Gasteiger partial charge in [-0.15, -0.1) is 0 Å². The summed E-state index contributed by atoms with van der Waals surface area (Å²) in [5, 5.41) is 14.4. The Morgan fingerprint density at radius 2 is 1.83 bits per heavy atom. The van der Waals surface area contributed by atoms with Gasteiger partial charge < -0.3 is 9.84 Å². The van der Waals surface area contributed by atoms with Crippen molar-refractivity contribution in [3.05, 3.63) is 89.1 Å². The second-order valence-corrected chi connectivity index (χ2v) is 8.34. The van der Waals surface area contributed by atoms with Crippen LogP contribution < -0.4 is 4.74 Å². The van der Waals surface area contributed by atoms with E-state index in [1.165, 1.54) is 12.1 Å². The van der Waals surface area contributed by atoms with Crippen LogP contribution in [0.1, 0.15) is 48.6 Å². The molecule has 3 aromatic carbocycles. The summed E-state index contributed by atoms with van der Waals surface area (Å²) in [5.41, 5.74) is 3.40. The van der Waals surface area contributed by atoms with Crippen molar-refractivity contribution in [3.63, 3.8) is 0 Å². The zero-order valence-corrected chi connectivity index (χ0v) is 19.3. The predicted octanol–water partition coefficient (Wildman–Crippen LogP) is 6.76. The Hall–Kier alpha value is -3.81. The van der Waals surface area contributed by atoms with E-state index >= 15 is 0 Å². The summed E-state index contributed by atoms with van der Waals surface area (Å²) >= 11 is 0. The molecule has 1 aromatic heterocycles. The van der Waals surface area contributed by atoms with Crippen LogP contribution in [0.15, 0.2) is 66.9 Å². The first-order valence-electron chi connectivity index (χ1n) is 11.3. The molecule has 0 spiro atoms. The van der Waals surface area contributed by atoms with Gasteiger partial charge in [0, 0.05) is 23.6 Å². The van der Waals surface area contributed by atoms with Crippen molar-refractivity contribution in [1.82, 2.24) is 9.78 Å². The quantitative estimate of drug-likeness (QED) is 0.301. The molecular weight excluding hydrogens is 457 g/mol. The molecule has 182 valence electrons. The second-order valence-electron chi connectivity index (χ2n) is 8.34. The summed E-state index contributed by atoms with van der Waals surface area (Å²) in [6, 6.07) is 16.3. The van der Waals surface area contributed by atoms with Crippen LogP contribution in [-0.2, 0) is 23.8 Å². The van der Waals surface area contributed by atoms with Crippen LogP contribution in [0.2, 0.25) is 0 Å². The monoisotopic (exact) mass is 482 g/mol. The number of carboxylic acids is 1. The number of aromatic nitrogens is 2. The van der Waals surface area contributed by atoms with Crippen molar-refractivity contribution < 1.29 is 27.8 Å². The number of rotatable bonds is 8. The summed E-state index contributed by atoms with van der Waals surface area (Å²) in [4.78, 5) is 10.9. The standard InChI is InChI=1S/C27H25F3N2O3/c1-3-18-15-23(13-7-19(18)8-14-25(33)34)35-17(2)24-6-4-5-20-16-32(31-26(20)24)22-11-9-21(10-12-22)27(28,29)30/h4-7,9-13,15-17H,3,8,14H2,1-2H3,(H,33,34). The Morgan fingerprint density at radius 1 is 1.09 bits per heavy atom. The van der Waals surface area contributed by atoms with Gasteiger partial charge in [-0.05, 0) is 67.3 Å². The van der Waals surface area contributed by atoms with Gasteiger partial charge >= 0.3 is 12.1 Å². The third-order valence-corrected chi connectivity index (χ3v) is 5.94. The molecule has 0 saturated carbocycles. The molecule has 35 heavy (non-hydrogen) atoms. The van der Waals surface area contributed by atoms with E-state index < -0.39 is 17.7 Å². The van der Waals surface area contributed by atoms with E-state index in [1.807, 2.05) is 50.2 Å². The zero-order chi connectivity index (χ0) is 25.2. The first kappa shape index (κ1) is 24.3. The topological polar surface area (TPSA) is 64.4 Å². The highest BCUT2D eigenvalue weighted by atomic mass is 19.4. The van der Waals surface area contributed by atoms with E-state index in [1.54, 1.807) is 10.9 Å². The molecule has 0 radical (unpaired) electrons. The van der Waals surface area contributed by atoms with Crippen molar-refractivity contribution in [2.75, 3.05) is 0 Å². The molecule has 4 aromatic rings. The van der Waals surface area contributed by atoms with Crippen molar-refractivity contribution >= 4 is 16.9 Å². The number of fused-ring (bicyclic) bond motifs is 1. The fourth-order valence-corrected chi connectivity index (χ4v) is 4.09. The van der Waals surface area contributed by atoms with Gasteiger partial charge in [0.15, 0.2) is 0 Å². The zero-order valence-electron chi connectivity index (χ0n) is 19.3. The molecule has 0 amide bonds. The fourth-order valence-electron chi connectivity index (χ4n) is 4.09. The lowest BCUT2D eigenvalue weighted by Crippen LogP contribution is -2.06. The maximum atomic E-state index is 12.9. The maximum absolute atomic E-state index is 12.9. The van der Waals surface area contributed by atoms with Gasteiger partial charge in [0.25, 0.3) is 0 Å². The molecule has 0 saturated heterocycles. The highest BCUT2D eigenvalue weighted by molar-refractivity contribution is 5.82. The van der Waals surface area contributed by atoms with E-state index in [0.29, 0.717) is 23.4 Å². The normalized spacial score (nSPS) is 12.6. The molecule has 0 bridgehead atoms. The Balaban J connectivity index is 1.58. The average molecular weight is 483 g/mol. The molecule has 0 fully saturated rings. The number of aryl methyl sites for hydroxylation is 2. The highest BCUT2D eigenvalue weighted by Gasteiger charge is 2.30. The lowest BCUT2D eigenvalue weighted by molar-refractivity contribution is -0.138. The summed E-state index contributed by atoms with van der Waals surface area (Å²) in [6.07, 6.45) is -1.65. The number of carbonyl (C=O) groups is 1. The highest BCUT2D eigenvalue weighted by Crippen LogP contribution is 2.31.